The summed E-state index contributed by atoms with van der Waals surface area (Å²) in [5.41, 5.74) is 6.50. The SMILES string of the molecule is C#CCCNC(=O)c1sc2cc(OC)ccc2c1N. The topological polar surface area (TPSA) is 64.3 Å². The molecule has 3 N–H and O–H groups in total. The van der Waals surface area contributed by atoms with Crippen LogP contribution in [0.25, 0.3) is 10.1 Å². The molecule has 0 aliphatic carbocycles. The molecule has 0 aliphatic rings. The van der Waals surface area contributed by atoms with Crippen molar-refractivity contribution < 1.29 is 9.53 Å². The number of terminal acetylenes is 1. The Kier molecular flexibility index (Phi) is 3.93. The van der Waals surface area contributed by atoms with Gasteiger partial charge in [0.05, 0.1) is 12.8 Å². The first-order valence-electron chi connectivity index (χ1n) is 5.75. The molecule has 0 atom stereocenters. The number of anilines is 1. The fourth-order valence-corrected chi connectivity index (χ4v) is 2.79. The van der Waals surface area contributed by atoms with Crippen LogP contribution in [0, 0.1) is 12.3 Å². The molecule has 0 fully saturated rings. The first kappa shape index (κ1) is 13.2. The lowest BCUT2D eigenvalue weighted by molar-refractivity contribution is 0.0959. The number of carbonyl (C=O) groups excluding carboxylic acids is 1. The van der Waals surface area contributed by atoms with Gasteiger partial charge in [-0.15, -0.1) is 23.7 Å². The predicted octanol–water partition coefficient (Wildman–Crippen LogP) is 2.25. The molecule has 0 saturated heterocycles. The molecule has 0 aliphatic heterocycles. The summed E-state index contributed by atoms with van der Waals surface area (Å²) in [7, 11) is 1.60. The molecule has 0 unspecified atom stereocenters. The molecule has 0 radical (unpaired) electrons. The molecule has 0 bridgehead atoms. The fraction of sp³-hybridized carbons (Fsp3) is 0.214. The fourth-order valence-electron chi connectivity index (χ4n) is 1.72. The van der Waals surface area contributed by atoms with Crippen LogP contribution >= 0.6 is 11.3 Å². The van der Waals surface area contributed by atoms with Crippen LogP contribution in [-0.4, -0.2) is 19.6 Å². The molecule has 1 aromatic heterocycles. The van der Waals surface area contributed by atoms with E-state index in [4.69, 9.17) is 16.9 Å². The average Bonchev–Trinajstić information content (AvgIpc) is 2.75. The van der Waals surface area contributed by atoms with Crippen molar-refractivity contribution in [2.45, 2.75) is 6.42 Å². The van der Waals surface area contributed by atoms with E-state index in [1.165, 1.54) is 11.3 Å². The minimum Gasteiger partial charge on any atom is -0.497 e. The standard InChI is InChI=1S/C14H14N2O2S/c1-3-4-7-16-14(17)13-12(15)10-6-5-9(18-2)8-11(10)19-13/h1,5-6,8H,4,7,15H2,2H3,(H,16,17). The first-order valence-corrected chi connectivity index (χ1v) is 6.56. The Morgan fingerprint density at radius 2 is 2.37 bits per heavy atom. The summed E-state index contributed by atoms with van der Waals surface area (Å²) in [4.78, 5) is 12.5. The van der Waals surface area contributed by atoms with E-state index in [0.29, 0.717) is 23.5 Å². The van der Waals surface area contributed by atoms with Crippen molar-refractivity contribution in [2.24, 2.45) is 0 Å². The lowest BCUT2D eigenvalue weighted by Gasteiger charge is -2.01. The molecule has 1 heterocycles. The van der Waals surface area contributed by atoms with E-state index in [-0.39, 0.29) is 5.91 Å². The van der Waals surface area contributed by atoms with Crippen molar-refractivity contribution in [3.8, 4) is 18.1 Å². The molecular weight excluding hydrogens is 260 g/mol. The molecule has 2 aromatic rings. The van der Waals surface area contributed by atoms with Gasteiger partial charge in [-0.2, -0.15) is 0 Å². The Labute approximate surface area is 115 Å². The molecule has 98 valence electrons. The van der Waals surface area contributed by atoms with E-state index in [2.05, 4.69) is 11.2 Å². The summed E-state index contributed by atoms with van der Waals surface area (Å²) in [5.74, 6) is 3.03. The second kappa shape index (κ2) is 5.63. The van der Waals surface area contributed by atoms with Gasteiger partial charge in [0.25, 0.3) is 5.91 Å². The van der Waals surface area contributed by atoms with Gasteiger partial charge in [-0.05, 0) is 18.2 Å². The van der Waals surface area contributed by atoms with Gasteiger partial charge in [0, 0.05) is 23.1 Å². The highest BCUT2D eigenvalue weighted by Crippen LogP contribution is 2.35. The number of methoxy groups -OCH3 is 1. The van der Waals surface area contributed by atoms with Crippen molar-refractivity contribution in [1.29, 1.82) is 0 Å². The van der Waals surface area contributed by atoms with Gasteiger partial charge in [0.1, 0.15) is 10.6 Å². The zero-order chi connectivity index (χ0) is 13.8. The Morgan fingerprint density at radius 3 is 3.05 bits per heavy atom. The summed E-state index contributed by atoms with van der Waals surface area (Å²) >= 11 is 1.35. The second-order valence-corrected chi connectivity index (χ2v) is 4.97. The summed E-state index contributed by atoms with van der Waals surface area (Å²) in [5, 5.41) is 3.62. The third-order valence-corrected chi connectivity index (χ3v) is 3.86. The van der Waals surface area contributed by atoms with Crippen LogP contribution in [0.1, 0.15) is 16.1 Å². The minimum absolute atomic E-state index is 0.187. The predicted molar refractivity (Wildman–Crippen MR) is 78.6 cm³/mol. The quantitative estimate of drug-likeness (QED) is 0.664. The van der Waals surface area contributed by atoms with Gasteiger partial charge in [0.2, 0.25) is 0 Å². The van der Waals surface area contributed by atoms with E-state index in [0.717, 1.165) is 15.8 Å². The minimum atomic E-state index is -0.187. The van der Waals surface area contributed by atoms with E-state index < -0.39 is 0 Å². The van der Waals surface area contributed by atoms with E-state index in [9.17, 15) is 4.79 Å². The smallest absolute Gasteiger partial charge is 0.263 e. The Morgan fingerprint density at radius 1 is 1.58 bits per heavy atom. The summed E-state index contributed by atoms with van der Waals surface area (Å²) in [6.07, 6.45) is 5.64. The van der Waals surface area contributed by atoms with Crippen LogP contribution in [0.15, 0.2) is 18.2 Å². The van der Waals surface area contributed by atoms with Crippen LogP contribution in [0.2, 0.25) is 0 Å². The van der Waals surface area contributed by atoms with Crippen molar-refractivity contribution >= 4 is 33.0 Å². The summed E-state index contributed by atoms with van der Waals surface area (Å²) < 4.78 is 6.08. The number of rotatable bonds is 4. The molecule has 1 aromatic carbocycles. The molecule has 2 rings (SSSR count). The highest BCUT2D eigenvalue weighted by Gasteiger charge is 2.16. The number of nitrogen functional groups attached to an aromatic ring is 1. The maximum atomic E-state index is 12.0. The number of nitrogens with two attached hydrogens (primary N) is 1. The lowest BCUT2D eigenvalue weighted by atomic mass is 10.2. The molecule has 0 spiro atoms. The van der Waals surface area contributed by atoms with Gasteiger partial charge in [-0.3, -0.25) is 4.79 Å². The Hall–Kier alpha value is -2.19. The van der Waals surface area contributed by atoms with Crippen LogP contribution in [0.4, 0.5) is 5.69 Å². The number of fused-ring (bicyclic) bond motifs is 1. The number of ether oxygens (including phenoxy) is 1. The number of benzene rings is 1. The van der Waals surface area contributed by atoms with Crippen molar-refractivity contribution in [3.05, 3.63) is 23.1 Å². The van der Waals surface area contributed by atoms with E-state index >= 15 is 0 Å². The number of thiophene rings is 1. The molecular formula is C14H14N2O2S. The average molecular weight is 274 g/mol. The number of nitrogens with one attached hydrogen (secondary N) is 1. The van der Waals surface area contributed by atoms with Gasteiger partial charge >= 0.3 is 0 Å². The Bertz CT molecular complexity index is 655. The monoisotopic (exact) mass is 274 g/mol. The number of hydrogen-bond donors (Lipinski definition) is 2. The van der Waals surface area contributed by atoms with Crippen molar-refractivity contribution in [3.63, 3.8) is 0 Å². The van der Waals surface area contributed by atoms with Crippen LogP contribution in [0.5, 0.6) is 5.75 Å². The lowest BCUT2D eigenvalue weighted by Crippen LogP contribution is -2.23. The molecule has 5 heteroatoms. The van der Waals surface area contributed by atoms with Crippen molar-refractivity contribution in [2.75, 3.05) is 19.4 Å². The largest absolute Gasteiger partial charge is 0.497 e. The van der Waals surface area contributed by atoms with Gasteiger partial charge in [-0.25, -0.2) is 0 Å². The van der Waals surface area contributed by atoms with Gasteiger partial charge in [-0.1, -0.05) is 0 Å². The highest BCUT2D eigenvalue weighted by atomic mass is 32.1. The number of carbonyl (C=O) groups is 1. The first-order chi connectivity index (χ1) is 9.17. The Balaban J connectivity index is 2.31. The van der Waals surface area contributed by atoms with Crippen LogP contribution in [-0.2, 0) is 0 Å². The van der Waals surface area contributed by atoms with Crippen LogP contribution in [0.3, 0.4) is 0 Å². The van der Waals surface area contributed by atoms with Crippen molar-refractivity contribution in [1.82, 2.24) is 5.32 Å². The van der Waals surface area contributed by atoms with Gasteiger partial charge < -0.3 is 15.8 Å². The van der Waals surface area contributed by atoms with Gasteiger partial charge in [0.15, 0.2) is 0 Å². The van der Waals surface area contributed by atoms with E-state index in [1.807, 2.05) is 18.2 Å². The highest BCUT2D eigenvalue weighted by molar-refractivity contribution is 7.21. The second-order valence-electron chi connectivity index (χ2n) is 3.92. The third-order valence-electron chi connectivity index (χ3n) is 2.70. The molecule has 0 saturated carbocycles. The number of amides is 1. The summed E-state index contributed by atoms with van der Waals surface area (Å²) in [6, 6.07) is 5.55. The molecule has 4 nitrogen and oxygen atoms in total. The maximum Gasteiger partial charge on any atom is 0.263 e. The third kappa shape index (κ3) is 2.64. The zero-order valence-electron chi connectivity index (χ0n) is 10.5. The molecule has 19 heavy (non-hydrogen) atoms. The van der Waals surface area contributed by atoms with Crippen LogP contribution < -0.4 is 15.8 Å². The molecule has 1 amide bonds. The maximum absolute atomic E-state index is 12.0. The zero-order valence-corrected chi connectivity index (χ0v) is 11.3. The number of hydrogen-bond acceptors (Lipinski definition) is 4. The normalized spacial score (nSPS) is 10.1. The van der Waals surface area contributed by atoms with E-state index in [1.54, 1.807) is 7.11 Å². The summed E-state index contributed by atoms with van der Waals surface area (Å²) in [6.45, 7) is 0.451.